The van der Waals surface area contributed by atoms with E-state index in [4.69, 9.17) is 5.26 Å². The maximum atomic E-state index is 12.0. The van der Waals surface area contributed by atoms with Gasteiger partial charge in [-0.05, 0) is 30.3 Å². The van der Waals surface area contributed by atoms with Gasteiger partial charge in [0.05, 0.1) is 21.5 Å². The Bertz CT molecular complexity index is 1030. The fourth-order valence-electron chi connectivity index (χ4n) is 2.25. The minimum atomic E-state index is -3.56. The summed E-state index contributed by atoms with van der Waals surface area (Å²) < 4.78 is 23.0. The van der Waals surface area contributed by atoms with Crippen LogP contribution in [0.2, 0.25) is 0 Å². The fraction of sp³-hybridized carbons (Fsp3) is 0.176. The predicted molar refractivity (Wildman–Crippen MR) is 98.2 cm³/mol. The van der Waals surface area contributed by atoms with Gasteiger partial charge >= 0.3 is 0 Å². The van der Waals surface area contributed by atoms with E-state index in [1.165, 1.54) is 18.2 Å². The number of nitrogens with one attached hydrogen (secondary N) is 2. The zero-order valence-electron chi connectivity index (χ0n) is 14.3. The molecular formula is C17H16N4O5S. The average molecular weight is 388 g/mol. The SMILES string of the molecule is CS(=O)(=O)c1ccc(NCCNC(=O)c2cccc(C#N)c2)c([N+](=O)[O-])c1. The monoisotopic (exact) mass is 388 g/mol. The number of anilines is 1. The number of hydrogen-bond donors (Lipinski definition) is 2. The molecule has 140 valence electrons. The van der Waals surface area contributed by atoms with Crippen LogP contribution in [0.4, 0.5) is 11.4 Å². The minimum Gasteiger partial charge on any atom is -0.378 e. The molecule has 0 heterocycles. The molecule has 0 bridgehead atoms. The zero-order chi connectivity index (χ0) is 20.0. The second kappa shape index (κ2) is 8.29. The molecule has 0 saturated heterocycles. The Morgan fingerprint density at radius 3 is 2.59 bits per heavy atom. The summed E-state index contributed by atoms with van der Waals surface area (Å²) in [7, 11) is -3.56. The van der Waals surface area contributed by atoms with Crippen molar-refractivity contribution in [2.45, 2.75) is 4.90 Å². The minimum absolute atomic E-state index is 0.146. The van der Waals surface area contributed by atoms with E-state index in [1.807, 2.05) is 6.07 Å². The molecule has 0 radical (unpaired) electrons. The van der Waals surface area contributed by atoms with Crippen LogP contribution >= 0.6 is 0 Å². The first-order valence-electron chi connectivity index (χ1n) is 7.73. The molecule has 27 heavy (non-hydrogen) atoms. The standard InChI is InChI=1S/C17H16N4O5S/c1-27(25,26)14-5-6-15(16(10-14)21(23)24)19-7-8-20-17(22)13-4-2-3-12(9-13)11-18/h2-6,9-10,19H,7-8H2,1H3,(H,20,22). The second-order valence-corrected chi connectivity index (χ2v) is 7.60. The molecule has 2 aromatic rings. The Labute approximate surface area is 155 Å². The van der Waals surface area contributed by atoms with Crippen molar-refractivity contribution in [2.75, 3.05) is 24.7 Å². The lowest BCUT2D eigenvalue weighted by molar-refractivity contribution is -0.384. The van der Waals surface area contributed by atoms with E-state index in [9.17, 15) is 23.3 Å². The van der Waals surface area contributed by atoms with Crippen molar-refractivity contribution in [2.24, 2.45) is 0 Å². The molecule has 0 aliphatic rings. The lowest BCUT2D eigenvalue weighted by Crippen LogP contribution is -2.28. The van der Waals surface area contributed by atoms with Crippen LogP contribution in [0.3, 0.4) is 0 Å². The van der Waals surface area contributed by atoms with Crippen LogP contribution in [-0.2, 0) is 9.84 Å². The van der Waals surface area contributed by atoms with Gasteiger partial charge in [-0.3, -0.25) is 14.9 Å². The van der Waals surface area contributed by atoms with Crippen molar-refractivity contribution in [3.05, 3.63) is 63.7 Å². The summed E-state index contributed by atoms with van der Waals surface area (Å²) in [4.78, 5) is 22.4. The molecule has 0 unspecified atom stereocenters. The number of nitrogens with zero attached hydrogens (tertiary/aromatic N) is 2. The van der Waals surface area contributed by atoms with Crippen molar-refractivity contribution in [1.82, 2.24) is 5.32 Å². The molecule has 0 atom stereocenters. The first kappa shape index (κ1) is 19.9. The lowest BCUT2D eigenvalue weighted by atomic mass is 10.1. The van der Waals surface area contributed by atoms with Crippen LogP contribution in [0, 0.1) is 21.4 Å². The first-order chi connectivity index (χ1) is 12.7. The maximum Gasteiger partial charge on any atom is 0.293 e. The van der Waals surface area contributed by atoms with Gasteiger partial charge in [0.15, 0.2) is 9.84 Å². The molecule has 9 nitrogen and oxygen atoms in total. The van der Waals surface area contributed by atoms with Gasteiger partial charge in [-0.15, -0.1) is 0 Å². The summed E-state index contributed by atoms with van der Waals surface area (Å²) in [6.07, 6.45) is 0.968. The van der Waals surface area contributed by atoms with Gasteiger partial charge in [-0.25, -0.2) is 8.42 Å². The highest BCUT2D eigenvalue weighted by Gasteiger charge is 2.18. The fourth-order valence-corrected chi connectivity index (χ4v) is 2.89. The third kappa shape index (κ3) is 5.26. The normalized spacial score (nSPS) is 10.7. The van der Waals surface area contributed by atoms with Crippen LogP contribution in [0.25, 0.3) is 0 Å². The van der Waals surface area contributed by atoms with Crippen LogP contribution < -0.4 is 10.6 Å². The summed E-state index contributed by atoms with van der Waals surface area (Å²) in [5.41, 5.74) is 0.471. The van der Waals surface area contributed by atoms with Crippen molar-refractivity contribution in [3.8, 4) is 6.07 Å². The summed E-state index contributed by atoms with van der Waals surface area (Å²) in [6.45, 7) is 0.351. The van der Waals surface area contributed by atoms with Gasteiger partial charge in [0.2, 0.25) is 0 Å². The van der Waals surface area contributed by atoms with Gasteiger partial charge in [0, 0.05) is 31.0 Å². The van der Waals surface area contributed by atoms with Gasteiger partial charge < -0.3 is 10.6 Å². The quantitative estimate of drug-likeness (QED) is 0.417. The van der Waals surface area contributed by atoms with Crippen LogP contribution in [-0.4, -0.2) is 38.6 Å². The van der Waals surface area contributed by atoms with E-state index in [2.05, 4.69) is 10.6 Å². The van der Waals surface area contributed by atoms with Crippen LogP contribution in [0.5, 0.6) is 0 Å². The summed E-state index contributed by atoms with van der Waals surface area (Å²) in [5, 5.41) is 25.4. The average Bonchev–Trinajstić information content (AvgIpc) is 2.64. The number of sulfone groups is 1. The number of nitro benzene ring substituents is 1. The number of amides is 1. The molecule has 0 aliphatic carbocycles. The van der Waals surface area contributed by atoms with E-state index in [-0.39, 0.29) is 35.3 Å². The Hall–Kier alpha value is -3.45. The van der Waals surface area contributed by atoms with E-state index in [0.717, 1.165) is 12.3 Å². The van der Waals surface area contributed by atoms with E-state index < -0.39 is 14.8 Å². The zero-order valence-corrected chi connectivity index (χ0v) is 15.1. The van der Waals surface area contributed by atoms with E-state index in [1.54, 1.807) is 18.2 Å². The molecule has 0 spiro atoms. The molecule has 1 amide bonds. The highest BCUT2D eigenvalue weighted by Crippen LogP contribution is 2.27. The van der Waals surface area contributed by atoms with Crippen LogP contribution in [0.15, 0.2) is 47.4 Å². The molecule has 2 rings (SSSR count). The molecule has 0 aliphatic heterocycles. The van der Waals surface area contributed by atoms with Gasteiger partial charge in [-0.2, -0.15) is 5.26 Å². The lowest BCUT2D eigenvalue weighted by Gasteiger charge is -2.09. The highest BCUT2D eigenvalue weighted by atomic mass is 32.2. The third-order valence-corrected chi connectivity index (χ3v) is 4.68. The van der Waals surface area contributed by atoms with Crippen molar-refractivity contribution >= 4 is 27.1 Å². The smallest absolute Gasteiger partial charge is 0.293 e. The Morgan fingerprint density at radius 2 is 1.96 bits per heavy atom. The van der Waals surface area contributed by atoms with Crippen molar-refractivity contribution < 1.29 is 18.1 Å². The number of nitro groups is 1. The summed E-state index contributed by atoms with van der Waals surface area (Å²) in [6, 6.07) is 11.7. The van der Waals surface area contributed by atoms with Crippen molar-refractivity contribution in [3.63, 3.8) is 0 Å². The summed E-state index contributed by atoms with van der Waals surface area (Å²) >= 11 is 0. The number of hydrogen-bond acceptors (Lipinski definition) is 7. The van der Waals surface area contributed by atoms with Gasteiger partial charge in [-0.1, -0.05) is 6.07 Å². The number of nitriles is 1. The van der Waals surface area contributed by atoms with Crippen molar-refractivity contribution in [1.29, 1.82) is 5.26 Å². The molecule has 2 aromatic carbocycles. The number of rotatable bonds is 7. The second-order valence-electron chi connectivity index (χ2n) is 5.58. The van der Waals surface area contributed by atoms with Crippen LogP contribution in [0.1, 0.15) is 15.9 Å². The molecule has 0 aromatic heterocycles. The Kier molecular flexibility index (Phi) is 6.10. The summed E-state index contributed by atoms with van der Waals surface area (Å²) in [5.74, 6) is -0.379. The molecule has 10 heteroatoms. The molecule has 2 N–H and O–H groups in total. The Morgan fingerprint density at radius 1 is 1.22 bits per heavy atom. The molecule has 0 fully saturated rings. The Balaban J connectivity index is 2.00. The van der Waals surface area contributed by atoms with E-state index in [0.29, 0.717) is 11.1 Å². The topological polar surface area (TPSA) is 142 Å². The van der Waals surface area contributed by atoms with E-state index >= 15 is 0 Å². The molecule has 0 saturated carbocycles. The maximum absolute atomic E-state index is 12.0. The van der Waals surface area contributed by atoms with Gasteiger partial charge in [0.1, 0.15) is 5.69 Å². The molecular weight excluding hydrogens is 372 g/mol. The number of carbonyl (C=O) groups is 1. The largest absolute Gasteiger partial charge is 0.378 e. The highest BCUT2D eigenvalue weighted by molar-refractivity contribution is 7.90. The number of benzene rings is 2. The predicted octanol–water partition coefficient (Wildman–Crippen LogP) is 1.71. The van der Waals surface area contributed by atoms with Gasteiger partial charge in [0.25, 0.3) is 11.6 Å². The first-order valence-corrected chi connectivity index (χ1v) is 9.62. The third-order valence-electron chi connectivity index (χ3n) is 3.57. The number of carbonyl (C=O) groups excluding carboxylic acids is 1.